The number of fused-ring (bicyclic) bond motifs is 1. The Morgan fingerprint density at radius 1 is 1.26 bits per heavy atom. The van der Waals surface area contributed by atoms with Crippen LogP contribution in [0.5, 0.6) is 0 Å². The van der Waals surface area contributed by atoms with Crippen LogP contribution in [0.2, 0.25) is 0 Å². The normalized spacial score (nSPS) is 10.8. The number of halogens is 1. The molecule has 0 atom stereocenters. The first-order valence-corrected chi connectivity index (χ1v) is 7.70. The van der Waals surface area contributed by atoms with Crippen LogP contribution < -0.4 is 5.32 Å². The second-order valence-corrected chi connectivity index (χ2v) is 6.37. The van der Waals surface area contributed by atoms with E-state index in [4.69, 9.17) is 0 Å². The van der Waals surface area contributed by atoms with Gasteiger partial charge in [0.15, 0.2) is 5.82 Å². The lowest BCUT2D eigenvalue weighted by atomic mass is 10.2. The van der Waals surface area contributed by atoms with Crippen molar-refractivity contribution < 1.29 is 0 Å². The van der Waals surface area contributed by atoms with E-state index in [1.807, 2.05) is 30.3 Å². The average molecular weight is 334 g/mol. The Labute approximate surface area is 123 Å². The van der Waals surface area contributed by atoms with Gasteiger partial charge >= 0.3 is 0 Å². The molecule has 1 aromatic carbocycles. The molecule has 0 unspecified atom stereocenters. The Balaban J connectivity index is 2.21. The highest BCUT2D eigenvalue weighted by Crippen LogP contribution is 2.29. The molecule has 3 aromatic rings. The van der Waals surface area contributed by atoms with Crippen molar-refractivity contribution in [2.45, 2.75) is 6.92 Å². The summed E-state index contributed by atoms with van der Waals surface area (Å²) in [4.78, 5) is 9.27. The van der Waals surface area contributed by atoms with Crippen molar-refractivity contribution in [3.8, 4) is 11.4 Å². The number of hydrogen-bond acceptors (Lipinski definition) is 4. The smallest absolute Gasteiger partial charge is 0.163 e. The largest absolute Gasteiger partial charge is 0.370 e. The summed E-state index contributed by atoms with van der Waals surface area (Å²) in [5.74, 6) is 1.65. The Bertz CT molecular complexity index is 724. The van der Waals surface area contributed by atoms with Crippen molar-refractivity contribution in [2.75, 3.05) is 11.9 Å². The minimum Gasteiger partial charge on any atom is -0.370 e. The predicted molar refractivity (Wildman–Crippen MR) is 84.7 cm³/mol. The van der Waals surface area contributed by atoms with Crippen LogP contribution >= 0.6 is 27.3 Å². The third kappa shape index (κ3) is 2.48. The van der Waals surface area contributed by atoms with Gasteiger partial charge in [0.1, 0.15) is 5.82 Å². The highest BCUT2D eigenvalue weighted by molar-refractivity contribution is 9.11. The summed E-state index contributed by atoms with van der Waals surface area (Å²) < 4.78 is 1.09. The maximum Gasteiger partial charge on any atom is 0.163 e. The van der Waals surface area contributed by atoms with E-state index in [0.29, 0.717) is 0 Å². The number of nitrogens with one attached hydrogen (secondary N) is 1. The topological polar surface area (TPSA) is 37.8 Å². The Hall–Kier alpha value is -1.46. The van der Waals surface area contributed by atoms with Crippen molar-refractivity contribution in [2.24, 2.45) is 0 Å². The molecule has 19 heavy (non-hydrogen) atoms. The summed E-state index contributed by atoms with van der Waals surface area (Å²) in [6, 6.07) is 10.1. The van der Waals surface area contributed by atoms with Gasteiger partial charge in [-0.15, -0.1) is 11.3 Å². The van der Waals surface area contributed by atoms with Crippen LogP contribution in [0.25, 0.3) is 22.3 Å². The van der Waals surface area contributed by atoms with Crippen LogP contribution in [-0.4, -0.2) is 16.5 Å². The number of hydrogen-bond donors (Lipinski definition) is 1. The molecule has 0 saturated carbocycles. The van der Waals surface area contributed by atoms with Crippen LogP contribution in [0.15, 0.2) is 39.5 Å². The maximum atomic E-state index is 4.64. The van der Waals surface area contributed by atoms with E-state index in [0.717, 1.165) is 38.4 Å². The van der Waals surface area contributed by atoms with E-state index in [2.05, 4.69) is 43.5 Å². The SMILES string of the molecule is CCNc1nc(-c2csc(Br)c2)nc2ccccc12. The van der Waals surface area contributed by atoms with Gasteiger partial charge in [-0.05, 0) is 41.1 Å². The van der Waals surface area contributed by atoms with Gasteiger partial charge in [0.25, 0.3) is 0 Å². The average Bonchev–Trinajstić information content (AvgIpc) is 2.86. The number of nitrogens with zero attached hydrogens (tertiary/aromatic N) is 2. The van der Waals surface area contributed by atoms with Crippen molar-refractivity contribution in [3.05, 3.63) is 39.5 Å². The van der Waals surface area contributed by atoms with Gasteiger partial charge in [-0.25, -0.2) is 9.97 Å². The fourth-order valence-electron chi connectivity index (χ4n) is 1.94. The molecule has 96 valence electrons. The molecular formula is C14H12BrN3S. The van der Waals surface area contributed by atoms with Gasteiger partial charge in [-0.3, -0.25) is 0 Å². The molecule has 2 aromatic heterocycles. The molecule has 0 spiro atoms. The second-order valence-electron chi connectivity index (χ2n) is 4.08. The van der Waals surface area contributed by atoms with Gasteiger partial charge in [0.2, 0.25) is 0 Å². The fraction of sp³-hybridized carbons (Fsp3) is 0.143. The molecule has 0 aliphatic rings. The molecule has 0 saturated heterocycles. The molecule has 0 aliphatic heterocycles. The van der Waals surface area contributed by atoms with Gasteiger partial charge in [-0.2, -0.15) is 0 Å². The lowest BCUT2D eigenvalue weighted by Gasteiger charge is -2.08. The van der Waals surface area contributed by atoms with Crippen molar-refractivity contribution in [3.63, 3.8) is 0 Å². The summed E-state index contributed by atoms with van der Waals surface area (Å²) in [6.45, 7) is 2.91. The molecule has 0 aliphatic carbocycles. The minimum absolute atomic E-state index is 0.761. The zero-order valence-corrected chi connectivity index (χ0v) is 12.8. The molecule has 3 nitrogen and oxygen atoms in total. The standard InChI is InChI=1S/C14H12BrN3S/c1-2-16-14-10-5-3-4-6-11(10)17-13(18-14)9-7-12(15)19-8-9/h3-8H,2H2,1H3,(H,16,17,18). The number of thiophene rings is 1. The summed E-state index contributed by atoms with van der Waals surface area (Å²) in [5.41, 5.74) is 2.01. The summed E-state index contributed by atoms with van der Waals surface area (Å²) >= 11 is 5.12. The van der Waals surface area contributed by atoms with Crippen LogP contribution in [0.3, 0.4) is 0 Å². The van der Waals surface area contributed by atoms with Gasteiger partial charge in [0, 0.05) is 22.9 Å². The molecule has 0 amide bonds. The van der Waals surface area contributed by atoms with Crippen LogP contribution in [0, 0.1) is 0 Å². The number of rotatable bonds is 3. The molecule has 0 bridgehead atoms. The van der Waals surface area contributed by atoms with Gasteiger partial charge in [0.05, 0.1) is 9.30 Å². The van der Waals surface area contributed by atoms with Gasteiger partial charge in [-0.1, -0.05) is 12.1 Å². The highest BCUT2D eigenvalue weighted by atomic mass is 79.9. The third-order valence-corrected chi connectivity index (χ3v) is 4.28. The predicted octanol–water partition coefficient (Wildman–Crippen LogP) is 4.55. The van der Waals surface area contributed by atoms with E-state index in [9.17, 15) is 0 Å². The van der Waals surface area contributed by atoms with E-state index >= 15 is 0 Å². The Morgan fingerprint density at radius 3 is 2.84 bits per heavy atom. The molecule has 5 heteroatoms. The zero-order valence-electron chi connectivity index (χ0n) is 10.4. The zero-order chi connectivity index (χ0) is 13.2. The summed E-state index contributed by atoms with van der Waals surface area (Å²) in [6.07, 6.45) is 0. The quantitative estimate of drug-likeness (QED) is 0.763. The second kappa shape index (κ2) is 5.27. The lowest BCUT2D eigenvalue weighted by Crippen LogP contribution is -2.02. The first kappa shape index (κ1) is 12.6. The summed E-state index contributed by atoms with van der Waals surface area (Å²) in [5, 5.41) is 6.43. The van der Waals surface area contributed by atoms with Crippen molar-refractivity contribution >= 4 is 44.0 Å². The molecule has 0 fully saturated rings. The third-order valence-electron chi connectivity index (χ3n) is 2.77. The van der Waals surface area contributed by atoms with Crippen molar-refractivity contribution in [1.29, 1.82) is 0 Å². The number of aromatic nitrogens is 2. The Kier molecular flexibility index (Phi) is 3.48. The highest BCUT2D eigenvalue weighted by Gasteiger charge is 2.09. The first-order chi connectivity index (χ1) is 9.28. The van der Waals surface area contributed by atoms with E-state index < -0.39 is 0 Å². The van der Waals surface area contributed by atoms with Crippen LogP contribution in [-0.2, 0) is 0 Å². The molecule has 1 N–H and O–H groups in total. The maximum absolute atomic E-state index is 4.64. The van der Waals surface area contributed by atoms with Crippen LogP contribution in [0.1, 0.15) is 6.92 Å². The molecule has 2 heterocycles. The fourth-order valence-corrected chi connectivity index (χ4v) is 3.07. The van der Waals surface area contributed by atoms with E-state index in [1.165, 1.54) is 0 Å². The number of para-hydroxylation sites is 1. The van der Waals surface area contributed by atoms with Crippen molar-refractivity contribution in [1.82, 2.24) is 9.97 Å². The number of benzene rings is 1. The molecular weight excluding hydrogens is 322 g/mol. The first-order valence-electron chi connectivity index (χ1n) is 6.03. The van der Waals surface area contributed by atoms with E-state index in [-0.39, 0.29) is 0 Å². The Morgan fingerprint density at radius 2 is 2.11 bits per heavy atom. The minimum atomic E-state index is 0.761. The lowest BCUT2D eigenvalue weighted by molar-refractivity contribution is 1.15. The number of anilines is 1. The molecule has 0 radical (unpaired) electrons. The monoisotopic (exact) mass is 333 g/mol. The van der Waals surface area contributed by atoms with Crippen LogP contribution in [0.4, 0.5) is 5.82 Å². The van der Waals surface area contributed by atoms with E-state index in [1.54, 1.807) is 11.3 Å². The van der Waals surface area contributed by atoms with Gasteiger partial charge < -0.3 is 5.32 Å². The molecule has 3 rings (SSSR count). The summed E-state index contributed by atoms with van der Waals surface area (Å²) in [7, 11) is 0.